The van der Waals surface area contributed by atoms with Gasteiger partial charge in [-0.1, -0.05) is 36.4 Å². The van der Waals surface area contributed by atoms with Gasteiger partial charge in [0.05, 0.1) is 43.0 Å². The summed E-state index contributed by atoms with van der Waals surface area (Å²) in [6.45, 7) is 0. The van der Waals surface area contributed by atoms with Gasteiger partial charge in [-0.3, -0.25) is 4.90 Å². The number of primary sulfonamides is 1. The topological polar surface area (TPSA) is 166 Å². The molecule has 0 amide bonds. The standard InChI is InChI=1S/C22H19BrN4O6S/c1-32-21(28)17-16(12-7-4-3-5-8-12)13(11-24)20(25)27(18(17)22(29)33-2)15-10-6-9-14(23)19(15)34(26,30)31/h3-10,16H,25H2,1-2H3,(H2,26,30,31). The Labute approximate surface area is 204 Å². The number of sulfonamides is 1. The minimum atomic E-state index is -4.37. The highest BCUT2D eigenvalue weighted by Gasteiger charge is 2.44. The Morgan fingerprint density at radius 1 is 1.06 bits per heavy atom. The Kier molecular flexibility index (Phi) is 7.11. The van der Waals surface area contributed by atoms with Crippen LogP contribution >= 0.6 is 15.9 Å². The molecule has 0 radical (unpaired) electrons. The molecule has 0 spiro atoms. The number of esters is 2. The third kappa shape index (κ3) is 4.28. The molecule has 0 saturated heterocycles. The van der Waals surface area contributed by atoms with Crippen LogP contribution in [0.3, 0.4) is 0 Å². The molecule has 1 heterocycles. The van der Waals surface area contributed by atoms with Crippen molar-refractivity contribution in [2.45, 2.75) is 10.8 Å². The van der Waals surface area contributed by atoms with Crippen molar-refractivity contribution in [3.05, 3.63) is 81.2 Å². The number of hydrogen-bond donors (Lipinski definition) is 2. The zero-order valence-electron chi connectivity index (χ0n) is 18.0. The fourth-order valence-corrected chi connectivity index (χ4v) is 5.54. The molecule has 10 nitrogen and oxygen atoms in total. The molecule has 34 heavy (non-hydrogen) atoms. The summed E-state index contributed by atoms with van der Waals surface area (Å²) in [6.07, 6.45) is 0. The second-order valence-corrected chi connectivity index (χ2v) is 9.32. The summed E-state index contributed by atoms with van der Waals surface area (Å²) < 4.78 is 34.9. The molecule has 176 valence electrons. The van der Waals surface area contributed by atoms with Gasteiger partial charge < -0.3 is 15.2 Å². The summed E-state index contributed by atoms with van der Waals surface area (Å²) in [4.78, 5) is 26.7. The van der Waals surface area contributed by atoms with E-state index in [1.807, 2.05) is 6.07 Å². The third-order valence-electron chi connectivity index (χ3n) is 5.08. The average Bonchev–Trinajstić information content (AvgIpc) is 2.81. The number of nitriles is 1. The molecular weight excluding hydrogens is 528 g/mol. The lowest BCUT2D eigenvalue weighted by atomic mass is 9.81. The summed E-state index contributed by atoms with van der Waals surface area (Å²) in [6, 6.07) is 14.6. The summed E-state index contributed by atoms with van der Waals surface area (Å²) >= 11 is 3.15. The van der Waals surface area contributed by atoms with E-state index in [-0.39, 0.29) is 27.1 Å². The third-order valence-corrected chi connectivity index (χ3v) is 7.00. The van der Waals surface area contributed by atoms with Crippen LogP contribution in [-0.4, -0.2) is 34.6 Å². The summed E-state index contributed by atoms with van der Waals surface area (Å²) in [5.74, 6) is -3.32. The lowest BCUT2D eigenvalue weighted by molar-refractivity contribution is -0.139. The van der Waals surface area contributed by atoms with E-state index in [2.05, 4.69) is 15.9 Å². The van der Waals surface area contributed by atoms with Gasteiger partial charge in [0, 0.05) is 4.47 Å². The normalized spacial score (nSPS) is 16.2. The van der Waals surface area contributed by atoms with Gasteiger partial charge in [-0.2, -0.15) is 5.26 Å². The number of halogens is 1. The highest BCUT2D eigenvalue weighted by Crippen LogP contribution is 2.45. The van der Waals surface area contributed by atoms with Crippen molar-refractivity contribution in [3.63, 3.8) is 0 Å². The molecule has 3 rings (SSSR count). The molecule has 1 aliphatic rings. The van der Waals surface area contributed by atoms with Crippen LogP contribution in [0.4, 0.5) is 5.69 Å². The van der Waals surface area contributed by atoms with E-state index >= 15 is 0 Å². The highest BCUT2D eigenvalue weighted by atomic mass is 79.9. The van der Waals surface area contributed by atoms with E-state index in [1.165, 1.54) is 18.2 Å². The van der Waals surface area contributed by atoms with E-state index in [9.17, 15) is 23.3 Å². The zero-order chi connectivity index (χ0) is 25.2. The second-order valence-electron chi connectivity index (χ2n) is 6.97. The van der Waals surface area contributed by atoms with Crippen LogP contribution in [-0.2, 0) is 29.1 Å². The Hall–Kier alpha value is -3.66. The first-order valence-corrected chi connectivity index (χ1v) is 11.9. The van der Waals surface area contributed by atoms with Crippen molar-refractivity contribution >= 4 is 43.6 Å². The van der Waals surface area contributed by atoms with Gasteiger partial charge in [-0.25, -0.2) is 23.1 Å². The maximum absolute atomic E-state index is 13.1. The minimum absolute atomic E-state index is 0.0767. The van der Waals surface area contributed by atoms with Crippen molar-refractivity contribution in [1.82, 2.24) is 0 Å². The molecule has 2 aromatic carbocycles. The number of rotatable bonds is 5. The van der Waals surface area contributed by atoms with Crippen molar-refractivity contribution in [2.75, 3.05) is 19.1 Å². The van der Waals surface area contributed by atoms with E-state index in [4.69, 9.17) is 20.3 Å². The van der Waals surface area contributed by atoms with E-state index in [1.54, 1.807) is 30.3 Å². The molecule has 1 aliphatic heterocycles. The smallest absolute Gasteiger partial charge is 0.355 e. The van der Waals surface area contributed by atoms with Gasteiger partial charge in [-0.05, 0) is 33.6 Å². The molecule has 1 atom stereocenters. The van der Waals surface area contributed by atoms with Gasteiger partial charge in [0.1, 0.15) is 16.4 Å². The van der Waals surface area contributed by atoms with Crippen molar-refractivity contribution in [1.29, 1.82) is 5.26 Å². The van der Waals surface area contributed by atoms with Gasteiger partial charge in [0.15, 0.2) is 0 Å². The summed E-state index contributed by atoms with van der Waals surface area (Å²) in [7, 11) is -2.17. The van der Waals surface area contributed by atoms with E-state index < -0.39 is 38.5 Å². The number of anilines is 1. The van der Waals surface area contributed by atoms with Crippen LogP contribution in [0, 0.1) is 11.3 Å². The number of allylic oxidation sites excluding steroid dienone is 1. The monoisotopic (exact) mass is 546 g/mol. The number of methoxy groups -OCH3 is 2. The molecule has 2 aromatic rings. The van der Waals surface area contributed by atoms with Gasteiger partial charge in [0.2, 0.25) is 10.0 Å². The van der Waals surface area contributed by atoms with Crippen molar-refractivity contribution in [3.8, 4) is 6.07 Å². The second kappa shape index (κ2) is 9.68. The average molecular weight is 547 g/mol. The number of carbonyl (C=O) groups excluding carboxylic acids is 2. The first-order chi connectivity index (χ1) is 16.1. The van der Waals surface area contributed by atoms with Crippen molar-refractivity contribution in [2.24, 2.45) is 10.9 Å². The first-order valence-electron chi connectivity index (χ1n) is 9.55. The van der Waals surface area contributed by atoms with Gasteiger partial charge in [-0.15, -0.1) is 0 Å². The maximum atomic E-state index is 13.1. The van der Waals surface area contributed by atoms with Gasteiger partial charge in [0.25, 0.3) is 0 Å². The van der Waals surface area contributed by atoms with Crippen LogP contribution in [0.5, 0.6) is 0 Å². The number of ether oxygens (including phenoxy) is 2. The van der Waals surface area contributed by atoms with E-state index in [0.29, 0.717) is 5.56 Å². The Morgan fingerprint density at radius 2 is 1.68 bits per heavy atom. The molecule has 0 aliphatic carbocycles. The number of carbonyl (C=O) groups is 2. The fourth-order valence-electron chi connectivity index (χ4n) is 3.72. The molecular formula is C22H19BrN4O6S. The molecule has 0 aromatic heterocycles. The van der Waals surface area contributed by atoms with Crippen LogP contribution in [0.25, 0.3) is 0 Å². The number of benzene rings is 2. The number of hydrogen-bond acceptors (Lipinski definition) is 9. The fraction of sp³-hybridized carbons (Fsp3) is 0.136. The quantitative estimate of drug-likeness (QED) is 0.533. The predicted molar refractivity (Wildman–Crippen MR) is 125 cm³/mol. The molecule has 1 unspecified atom stereocenters. The first kappa shape index (κ1) is 25.0. The molecule has 4 N–H and O–H groups in total. The van der Waals surface area contributed by atoms with Gasteiger partial charge >= 0.3 is 11.9 Å². The Bertz CT molecular complexity index is 1380. The lowest BCUT2D eigenvalue weighted by Crippen LogP contribution is -2.41. The molecule has 0 bridgehead atoms. The molecule has 0 fully saturated rings. The Balaban J connectivity index is 2.53. The summed E-state index contributed by atoms with van der Waals surface area (Å²) in [5.41, 5.74) is 5.90. The number of nitrogens with two attached hydrogens (primary N) is 2. The highest BCUT2D eigenvalue weighted by molar-refractivity contribution is 9.10. The number of nitrogens with zero attached hydrogens (tertiary/aromatic N) is 2. The lowest BCUT2D eigenvalue weighted by Gasteiger charge is -2.36. The predicted octanol–water partition coefficient (Wildman–Crippen LogP) is 1.99. The van der Waals surface area contributed by atoms with E-state index in [0.717, 1.165) is 19.1 Å². The molecule has 0 saturated carbocycles. The molecule has 12 heteroatoms. The van der Waals surface area contributed by atoms with Crippen molar-refractivity contribution < 1.29 is 27.5 Å². The Morgan fingerprint density at radius 3 is 2.21 bits per heavy atom. The van der Waals surface area contributed by atoms with Crippen LogP contribution in [0.15, 0.2) is 80.6 Å². The largest absolute Gasteiger partial charge is 0.466 e. The zero-order valence-corrected chi connectivity index (χ0v) is 20.4. The SMILES string of the molecule is COC(=O)C1=C(C(=O)OC)N(c2cccc(Br)c2S(N)(=O)=O)C(N)=C(C#N)C1c1ccccc1. The van der Waals surface area contributed by atoms with Crippen LogP contribution in [0.2, 0.25) is 0 Å². The minimum Gasteiger partial charge on any atom is -0.466 e. The van der Waals surface area contributed by atoms with Crippen LogP contribution < -0.4 is 15.8 Å². The maximum Gasteiger partial charge on any atom is 0.355 e. The summed E-state index contributed by atoms with van der Waals surface area (Å²) in [5, 5.41) is 15.5. The van der Waals surface area contributed by atoms with Crippen LogP contribution in [0.1, 0.15) is 11.5 Å².